The van der Waals surface area contributed by atoms with Crippen LogP contribution in [0.25, 0.3) is 0 Å². The molecule has 6 nitrogen and oxygen atoms in total. The van der Waals surface area contributed by atoms with Gasteiger partial charge in [0.1, 0.15) is 11.4 Å². The van der Waals surface area contributed by atoms with E-state index in [1.165, 1.54) is 16.0 Å². The summed E-state index contributed by atoms with van der Waals surface area (Å²) in [4.78, 5) is 31.2. The molecule has 0 bridgehead atoms. The number of pyridine rings is 1. The van der Waals surface area contributed by atoms with Crippen LogP contribution in [-0.4, -0.2) is 60.9 Å². The quantitative estimate of drug-likeness (QED) is 0.824. The summed E-state index contributed by atoms with van der Waals surface area (Å²) in [5.74, 6) is -0.0230. The molecule has 1 aromatic heterocycles. The zero-order valence-corrected chi connectivity index (χ0v) is 12.2. The van der Waals surface area contributed by atoms with Gasteiger partial charge in [-0.1, -0.05) is 0 Å². The largest absolute Gasteiger partial charge is 0.489 e. The summed E-state index contributed by atoms with van der Waals surface area (Å²) < 4.78 is 5.63. The number of carbonyl (C=O) groups is 2. The molecule has 1 heterocycles. The van der Waals surface area contributed by atoms with Gasteiger partial charge in [0.05, 0.1) is 17.9 Å². The highest BCUT2D eigenvalue weighted by molar-refractivity contribution is 6.05. The van der Waals surface area contributed by atoms with Gasteiger partial charge < -0.3 is 14.5 Å². The molecule has 1 aliphatic carbocycles. The molecule has 0 aliphatic heterocycles. The van der Waals surface area contributed by atoms with E-state index in [-0.39, 0.29) is 29.2 Å². The van der Waals surface area contributed by atoms with Crippen molar-refractivity contribution in [2.75, 3.05) is 28.2 Å². The third-order valence-corrected chi connectivity index (χ3v) is 2.94. The fourth-order valence-electron chi connectivity index (χ4n) is 1.67. The van der Waals surface area contributed by atoms with Gasteiger partial charge in [-0.25, -0.2) is 4.98 Å². The first kappa shape index (κ1) is 14.3. The third-order valence-electron chi connectivity index (χ3n) is 2.94. The molecule has 0 atom stereocenters. The number of hydrogen-bond donors (Lipinski definition) is 0. The Morgan fingerprint density at radius 1 is 1.15 bits per heavy atom. The number of ether oxygens (including phenoxy) is 1. The molecule has 1 fully saturated rings. The zero-order chi connectivity index (χ0) is 14.9. The Morgan fingerprint density at radius 2 is 1.75 bits per heavy atom. The topological polar surface area (TPSA) is 62.7 Å². The van der Waals surface area contributed by atoms with Gasteiger partial charge in [0.2, 0.25) is 0 Å². The lowest BCUT2D eigenvalue weighted by Crippen LogP contribution is -2.29. The molecule has 1 saturated carbocycles. The SMILES string of the molecule is CN(C)C(=O)c1cc(OC2CC2)cnc1C(=O)N(C)C. The summed E-state index contributed by atoms with van der Waals surface area (Å²) in [5.41, 5.74) is 0.420. The second-order valence-corrected chi connectivity index (χ2v) is 5.28. The molecule has 0 aromatic carbocycles. The van der Waals surface area contributed by atoms with Gasteiger partial charge in [0, 0.05) is 28.2 Å². The van der Waals surface area contributed by atoms with E-state index >= 15 is 0 Å². The lowest BCUT2D eigenvalue weighted by atomic mass is 10.1. The van der Waals surface area contributed by atoms with E-state index < -0.39 is 0 Å². The van der Waals surface area contributed by atoms with Crippen LogP contribution in [0, 0.1) is 0 Å². The van der Waals surface area contributed by atoms with Crippen molar-refractivity contribution in [2.45, 2.75) is 18.9 Å². The lowest BCUT2D eigenvalue weighted by molar-refractivity contribution is 0.0785. The van der Waals surface area contributed by atoms with E-state index in [2.05, 4.69) is 4.98 Å². The van der Waals surface area contributed by atoms with Crippen molar-refractivity contribution in [1.82, 2.24) is 14.8 Å². The minimum atomic E-state index is -0.298. The zero-order valence-electron chi connectivity index (χ0n) is 12.2. The first-order valence-corrected chi connectivity index (χ1v) is 6.50. The van der Waals surface area contributed by atoms with E-state index in [0.29, 0.717) is 5.75 Å². The maximum absolute atomic E-state index is 12.2. The van der Waals surface area contributed by atoms with Crippen LogP contribution < -0.4 is 4.74 Å². The molecule has 1 aromatic rings. The van der Waals surface area contributed by atoms with Crippen molar-refractivity contribution < 1.29 is 14.3 Å². The van der Waals surface area contributed by atoms with Crippen LogP contribution in [0.5, 0.6) is 5.75 Å². The molecule has 0 unspecified atom stereocenters. The van der Waals surface area contributed by atoms with E-state index in [0.717, 1.165) is 12.8 Å². The average Bonchev–Trinajstić information content (AvgIpc) is 3.20. The third kappa shape index (κ3) is 3.07. The van der Waals surface area contributed by atoms with E-state index in [1.54, 1.807) is 34.3 Å². The molecule has 1 aliphatic rings. The van der Waals surface area contributed by atoms with Crippen LogP contribution in [0.2, 0.25) is 0 Å². The highest BCUT2D eigenvalue weighted by Crippen LogP contribution is 2.27. The molecular weight excluding hydrogens is 258 g/mol. The van der Waals surface area contributed by atoms with E-state index in [1.807, 2.05) is 0 Å². The average molecular weight is 277 g/mol. The molecule has 108 valence electrons. The molecule has 0 saturated heterocycles. The van der Waals surface area contributed by atoms with Crippen LogP contribution in [0.15, 0.2) is 12.3 Å². The molecular formula is C14H19N3O3. The van der Waals surface area contributed by atoms with Crippen LogP contribution in [0.3, 0.4) is 0 Å². The summed E-state index contributed by atoms with van der Waals surface area (Å²) in [6.07, 6.45) is 3.76. The first-order chi connectivity index (χ1) is 9.40. The summed E-state index contributed by atoms with van der Waals surface area (Å²) in [6, 6.07) is 1.60. The maximum atomic E-state index is 12.2. The Bertz CT molecular complexity index is 536. The Labute approximate surface area is 118 Å². The second-order valence-electron chi connectivity index (χ2n) is 5.28. The van der Waals surface area contributed by atoms with E-state index in [4.69, 9.17) is 4.74 Å². The van der Waals surface area contributed by atoms with Crippen LogP contribution in [0.4, 0.5) is 0 Å². The highest BCUT2D eigenvalue weighted by atomic mass is 16.5. The minimum absolute atomic E-state index is 0.150. The summed E-state index contributed by atoms with van der Waals surface area (Å²) in [6.45, 7) is 0. The predicted molar refractivity (Wildman–Crippen MR) is 73.9 cm³/mol. The van der Waals surface area contributed by atoms with Gasteiger partial charge in [-0.3, -0.25) is 9.59 Å². The molecule has 0 spiro atoms. The number of rotatable bonds is 4. The normalized spacial score (nSPS) is 13.8. The van der Waals surface area contributed by atoms with Crippen molar-refractivity contribution in [2.24, 2.45) is 0 Å². The fourth-order valence-corrected chi connectivity index (χ4v) is 1.67. The highest BCUT2D eigenvalue weighted by Gasteiger charge is 2.26. The van der Waals surface area contributed by atoms with Crippen molar-refractivity contribution >= 4 is 11.8 Å². The van der Waals surface area contributed by atoms with E-state index in [9.17, 15) is 9.59 Å². The minimum Gasteiger partial charge on any atom is -0.489 e. The van der Waals surface area contributed by atoms with Crippen LogP contribution in [-0.2, 0) is 0 Å². The summed E-state index contributed by atoms with van der Waals surface area (Å²) in [7, 11) is 6.53. The molecule has 0 N–H and O–H groups in total. The Morgan fingerprint density at radius 3 is 2.25 bits per heavy atom. The van der Waals surface area contributed by atoms with Crippen molar-refractivity contribution in [1.29, 1.82) is 0 Å². The molecule has 0 radical (unpaired) electrons. The molecule has 20 heavy (non-hydrogen) atoms. The first-order valence-electron chi connectivity index (χ1n) is 6.50. The maximum Gasteiger partial charge on any atom is 0.272 e. The molecule has 2 rings (SSSR count). The van der Waals surface area contributed by atoms with Gasteiger partial charge in [-0.15, -0.1) is 0 Å². The summed E-state index contributed by atoms with van der Waals surface area (Å²) >= 11 is 0. The van der Waals surface area contributed by atoms with Crippen molar-refractivity contribution in [3.8, 4) is 5.75 Å². The number of nitrogens with zero attached hydrogens (tertiary/aromatic N) is 3. The number of amides is 2. The number of hydrogen-bond acceptors (Lipinski definition) is 4. The number of aromatic nitrogens is 1. The smallest absolute Gasteiger partial charge is 0.272 e. The van der Waals surface area contributed by atoms with Gasteiger partial charge in [-0.2, -0.15) is 0 Å². The van der Waals surface area contributed by atoms with Gasteiger partial charge in [-0.05, 0) is 18.9 Å². The standard InChI is InChI=1S/C14H19N3O3/c1-16(2)13(18)11-7-10(20-9-5-6-9)8-15-12(11)14(19)17(3)4/h7-9H,5-6H2,1-4H3. The van der Waals surface area contributed by atoms with Crippen LogP contribution >= 0.6 is 0 Å². The van der Waals surface area contributed by atoms with Gasteiger partial charge in [0.15, 0.2) is 0 Å². The molecule has 6 heteroatoms. The summed E-state index contributed by atoms with van der Waals surface area (Å²) in [5, 5.41) is 0. The Balaban J connectivity index is 2.39. The molecule has 2 amide bonds. The van der Waals surface area contributed by atoms with Crippen molar-refractivity contribution in [3.05, 3.63) is 23.5 Å². The fraction of sp³-hybridized carbons (Fsp3) is 0.500. The second kappa shape index (κ2) is 5.48. The Kier molecular flexibility index (Phi) is 3.92. The van der Waals surface area contributed by atoms with Crippen LogP contribution in [0.1, 0.15) is 33.7 Å². The Hall–Kier alpha value is -2.11. The van der Waals surface area contributed by atoms with Crippen molar-refractivity contribution in [3.63, 3.8) is 0 Å². The lowest BCUT2D eigenvalue weighted by Gasteiger charge is -2.16. The van der Waals surface area contributed by atoms with Gasteiger partial charge in [0.25, 0.3) is 11.8 Å². The number of carbonyl (C=O) groups excluding carboxylic acids is 2. The van der Waals surface area contributed by atoms with Gasteiger partial charge >= 0.3 is 0 Å². The monoisotopic (exact) mass is 277 g/mol. The predicted octanol–water partition coefficient (Wildman–Crippen LogP) is 1.03.